The summed E-state index contributed by atoms with van der Waals surface area (Å²) in [5.41, 5.74) is 6.09. The Morgan fingerprint density at radius 2 is 1.92 bits per heavy atom. The fraction of sp³-hybridized carbons (Fsp3) is 0.333. The Bertz CT molecular complexity index is 1630. The average Bonchev–Trinajstić information content (AvgIpc) is 3.68. The number of aryl methyl sites for hydroxylation is 1. The van der Waals surface area contributed by atoms with Gasteiger partial charge in [-0.25, -0.2) is 0 Å². The van der Waals surface area contributed by atoms with Gasteiger partial charge in [-0.2, -0.15) is 9.90 Å². The van der Waals surface area contributed by atoms with E-state index in [0.717, 1.165) is 28.7 Å². The molecule has 0 radical (unpaired) electrons. The van der Waals surface area contributed by atoms with Crippen LogP contribution in [-0.2, 0) is 20.1 Å². The summed E-state index contributed by atoms with van der Waals surface area (Å²) in [5, 5.41) is 22.2. The summed E-state index contributed by atoms with van der Waals surface area (Å²) in [7, 11) is 1.69. The number of rotatable bonds is 7. The molecule has 4 aromatic rings. The van der Waals surface area contributed by atoms with Crippen molar-refractivity contribution in [2.24, 2.45) is 7.05 Å². The second kappa shape index (κ2) is 9.81. The third-order valence-electron chi connectivity index (χ3n) is 7.59. The van der Waals surface area contributed by atoms with E-state index in [1.807, 2.05) is 38.1 Å². The highest BCUT2D eigenvalue weighted by atomic mass is 16.3. The molecule has 0 unspecified atom stereocenters. The topological polar surface area (TPSA) is 105 Å². The molecule has 2 aromatic heterocycles. The predicted molar refractivity (Wildman–Crippen MR) is 151 cm³/mol. The summed E-state index contributed by atoms with van der Waals surface area (Å²) < 4.78 is 1.50. The van der Waals surface area contributed by atoms with Crippen LogP contribution in [0.25, 0.3) is 11.1 Å². The van der Waals surface area contributed by atoms with Crippen LogP contribution in [0.5, 0.6) is 0 Å². The van der Waals surface area contributed by atoms with Gasteiger partial charge >= 0.3 is 0 Å². The van der Waals surface area contributed by atoms with Crippen LogP contribution < -0.4 is 15.8 Å². The number of nitrogens with zero attached hydrogens (tertiary/aromatic N) is 5. The zero-order chi connectivity index (χ0) is 27.3. The van der Waals surface area contributed by atoms with Crippen molar-refractivity contribution in [2.75, 3.05) is 16.8 Å². The molecule has 1 fully saturated rings. The molecule has 3 heterocycles. The molecular weight excluding hydrogens is 492 g/mol. The number of benzene rings is 2. The first-order valence-electron chi connectivity index (χ1n) is 13.4. The SMILES string of the molecule is CC(C)n1ncc(Nc2cc(-c3cccc(N4CCc5cc(C6CC6)ccc5C4=O)c3CO)cn(C)c2=O)n1. The maximum atomic E-state index is 13.6. The number of nitrogens with one attached hydrogen (secondary N) is 1. The van der Waals surface area contributed by atoms with Gasteiger partial charge in [-0.1, -0.05) is 24.3 Å². The Morgan fingerprint density at radius 1 is 1.10 bits per heavy atom. The van der Waals surface area contributed by atoms with Crippen LogP contribution in [0.2, 0.25) is 0 Å². The number of hydrogen-bond donors (Lipinski definition) is 2. The molecule has 0 saturated heterocycles. The van der Waals surface area contributed by atoms with E-state index < -0.39 is 0 Å². The number of carbonyl (C=O) groups excluding carboxylic acids is 1. The lowest BCUT2D eigenvalue weighted by molar-refractivity contribution is 0.0980. The molecule has 1 aliphatic carbocycles. The molecule has 0 bridgehead atoms. The van der Waals surface area contributed by atoms with Crippen LogP contribution >= 0.6 is 0 Å². The lowest BCUT2D eigenvalue weighted by atomic mass is 9.93. The van der Waals surface area contributed by atoms with Crippen molar-refractivity contribution in [1.29, 1.82) is 0 Å². The number of pyridine rings is 1. The van der Waals surface area contributed by atoms with Crippen LogP contribution in [0, 0.1) is 0 Å². The third-order valence-corrected chi connectivity index (χ3v) is 7.59. The zero-order valence-corrected chi connectivity index (χ0v) is 22.4. The lowest BCUT2D eigenvalue weighted by Crippen LogP contribution is -2.38. The largest absolute Gasteiger partial charge is 0.392 e. The van der Waals surface area contributed by atoms with Gasteiger partial charge in [-0.3, -0.25) is 9.59 Å². The number of amides is 1. The quantitative estimate of drug-likeness (QED) is 0.368. The van der Waals surface area contributed by atoms with E-state index in [0.29, 0.717) is 35.2 Å². The van der Waals surface area contributed by atoms with Crippen molar-refractivity contribution >= 4 is 23.1 Å². The van der Waals surface area contributed by atoms with Gasteiger partial charge in [0.2, 0.25) is 0 Å². The number of hydrogen-bond acceptors (Lipinski definition) is 6. The minimum absolute atomic E-state index is 0.0542. The second-order valence-corrected chi connectivity index (χ2v) is 10.7. The van der Waals surface area contributed by atoms with Crippen molar-refractivity contribution in [1.82, 2.24) is 19.6 Å². The van der Waals surface area contributed by atoms with Crippen molar-refractivity contribution < 1.29 is 9.90 Å². The van der Waals surface area contributed by atoms with E-state index in [2.05, 4.69) is 27.6 Å². The summed E-state index contributed by atoms with van der Waals surface area (Å²) in [4.78, 5) is 29.9. The van der Waals surface area contributed by atoms with Crippen LogP contribution in [0.15, 0.2) is 59.7 Å². The second-order valence-electron chi connectivity index (χ2n) is 10.7. The standard InChI is InChI=1S/C30H32N6O3/c1-18(2)36-31-15-28(33-36)32-26-14-22(16-34(3)30(26)39)23-5-4-6-27(25(23)17-37)35-12-11-21-13-20(19-7-8-19)9-10-24(21)29(35)38/h4-6,9-10,13-16,18-19,37H,7-8,11-12,17H2,1-3H3,(H,32,33). The van der Waals surface area contributed by atoms with E-state index in [-0.39, 0.29) is 24.1 Å². The van der Waals surface area contributed by atoms with E-state index >= 15 is 0 Å². The molecule has 0 atom stereocenters. The Balaban J connectivity index is 1.35. The smallest absolute Gasteiger partial charge is 0.274 e. The van der Waals surface area contributed by atoms with E-state index in [1.54, 1.807) is 35.2 Å². The molecule has 1 aliphatic heterocycles. The number of carbonyl (C=O) groups is 1. The summed E-state index contributed by atoms with van der Waals surface area (Å²) in [5.74, 6) is 1.06. The molecule has 1 amide bonds. The summed E-state index contributed by atoms with van der Waals surface area (Å²) in [6.07, 6.45) is 6.54. The number of anilines is 3. The summed E-state index contributed by atoms with van der Waals surface area (Å²) in [6, 6.07) is 13.7. The molecule has 0 spiro atoms. The van der Waals surface area contributed by atoms with Crippen molar-refractivity contribution in [3.8, 4) is 11.1 Å². The highest BCUT2D eigenvalue weighted by molar-refractivity contribution is 6.09. The van der Waals surface area contributed by atoms with Crippen molar-refractivity contribution in [3.63, 3.8) is 0 Å². The van der Waals surface area contributed by atoms with Crippen LogP contribution in [0.4, 0.5) is 17.2 Å². The predicted octanol–water partition coefficient (Wildman–Crippen LogP) is 4.54. The van der Waals surface area contributed by atoms with Crippen LogP contribution in [0.1, 0.15) is 65.7 Å². The van der Waals surface area contributed by atoms with E-state index in [4.69, 9.17) is 0 Å². The van der Waals surface area contributed by atoms with Gasteiger partial charge in [0, 0.05) is 36.5 Å². The fourth-order valence-electron chi connectivity index (χ4n) is 5.34. The van der Waals surface area contributed by atoms with Crippen molar-refractivity contribution in [2.45, 2.75) is 51.7 Å². The van der Waals surface area contributed by atoms with Gasteiger partial charge in [0.15, 0.2) is 5.82 Å². The number of aromatic nitrogens is 4. The van der Waals surface area contributed by atoms with Gasteiger partial charge < -0.3 is 19.9 Å². The first kappa shape index (κ1) is 25.1. The van der Waals surface area contributed by atoms with E-state index in [1.165, 1.54) is 23.0 Å². The van der Waals surface area contributed by atoms with Crippen LogP contribution in [0.3, 0.4) is 0 Å². The highest BCUT2D eigenvalue weighted by Gasteiger charge is 2.30. The normalized spacial score (nSPS) is 15.1. The van der Waals surface area contributed by atoms with Crippen molar-refractivity contribution in [3.05, 3.63) is 87.5 Å². The molecule has 1 saturated carbocycles. The first-order chi connectivity index (χ1) is 18.8. The highest BCUT2D eigenvalue weighted by Crippen LogP contribution is 2.41. The minimum atomic E-state index is -0.253. The number of aliphatic hydroxyl groups is 1. The fourth-order valence-corrected chi connectivity index (χ4v) is 5.34. The molecule has 9 nitrogen and oxygen atoms in total. The Hall–Kier alpha value is -4.24. The molecule has 6 rings (SSSR count). The van der Waals surface area contributed by atoms with Gasteiger partial charge in [-0.05, 0) is 73.9 Å². The maximum Gasteiger partial charge on any atom is 0.274 e. The molecule has 39 heavy (non-hydrogen) atoms. The minimum Gasteiger partial charge on any atom is -0.392 e. The number of fused-ring (bicyclic) bond motifs is 1. The maximum absolute atomic E-state index is 13.6. The first-order valence-corrected chi connectivity index (χ1v) is 13.4. The molecular formula is C30H32N6O3. The lowest BCUT2D eigenvalue weighted by Gasteiger charge is -2.31. The Morgan fingerprint density at radius 3 is 2.64 bits per heavy atom. The molecule has 2 N–H and O–H groups in total. The third kappa shape index (κ3) is 4.63. The summed E-state index contributed by atoms with van der Waals surface area (Å²) in [6.45, 7) is 4.24. The molecule has 200 valence electrons. The van der Waals surface area contributed by atoms with Crippen LogP contribution in [-0.4, -0.2) is 37.1 Å². The van der Waals surface area contributed by atoms with Gasteiger partial charge in [0.25, 0.3) is 11.5 Å². The average molecular weight is 525 g/mol. The number of aliphatic hydroxyl groups excluding tert-OH is 1. The van der Waals surface area contributed by atoms with Gasteiger partial charge in [-0.15, -0.1) is 5.10 Å². The monoisotopic (exact) mass is 524 g/mol. The summed E-state index contributed by atoms with van der Waals surface area (Å²) >= 11 is 0. The Labute approximate surface area is 226 Å². The van der Waals surface area contributed by atoms with Gasteiger partial charge in [0.05, 0.1) is 24.5 Å². The molecule has 2 aliphatic rings. The molecule has 2 aromatic carbocycles. The zero-order valence-electron chi connectivity index (χ0n) is 22.4. The van der Waals surface area contributed by atoms with E-state index in [9.17, 15) is 14.7 Å². The molecule has 9 heteroatoms. The van der Waals surface area contributed by atoms with Gasteiger partial charge in [0.1, 0.15) is 5.69 Å². The Kier molecular flexibility index (Phi) is 6.31.